The van der Waals surface area contributed by atoms with Crippen molar-refractivity contribution in [1.82, 2.24) is 14.5 Å². The van der Waals surface area contributed by atoms with E-state index in [1.807, 2.05) is 22.7 Å². The Morgan fingerprint density at radius 3 is 2.88 bits per heavy atom. The summed E-state index contributed by atoms with van der Waals surface area (Å²) in [7, 11) is 1.87. The number of halogens is 2. The van der Waals surface area contributed by atoms with Crippen LogP contribution in [0.2, 0.25) is 0 Å². The minimum atomic E-state index is -0.895. The Kier molecular flexibility index (Phi) is 4.62. The van der Waals surface area contributed by atoms with Gasteiger partial charge in [0.1, 0.15) is 11.9 Å². The number of carbonyl (C=O) groups is 1. The summed E-state index contributed by atoms with van der Waals surface area (Å²) in [5.74, 6) is -1.44. The monoisotopic (exact) mass is 335 g/mol. The molecular weight excluding hydrogens is 316 g/mol. The van der Waals surface area contributed by atoms with Crippen molar-refractivity contribution in [3.8, 4) is 0 Å². The maximum Gasteiger partial charge on any atom is 0.328 e. The molecule has 5 nitrogen and oxygen atoms in total. The number of carbonyl (C=O) groups excluding carboxylic acids is 1. The molecule has 0 saturated heterocycles. The van der Waals surface area contributed by atoms with Gasteiger partial charge in [0.05, 0.1) is 13.2 Å². The molecule has 0 spiro atoms. The van der Waals surface area contributed by atoms with Gasteiger partial charge in [0.2, 0.25) is 0 Å². The summed E-state index contributed by atoms with van der Waals surface area (Å²) in [6.07, 6.45) is 3.84. The highest BCUT2D eigenvalue weighted by Gasteiger charge is 2.36. The maximum absolute atomic E-state index is 14.1. The minimum absolute atomic E-state index is 0.227. The van der Waals surface area contributed by atoms with Gasteiger partial charge in [0.25, 0.3) is 0 Å². The number of rotatable bonds is 4. The summed E-state index contributed by atoms with van der Waals surface area (Å²) in [5, 5.41) is 0. The number of esters is 1. The van der Waals surface area contributed by atoms with Gasteiger partial charge in [-0.25, -0.2) is 18.6 Å². The predicted octanol–water partition coefficient (Wildman–Crippen LogP) is 2.36. The third kappa shape index (κ3) is 2.91. The standard InChI is InChI=1S/C17H19F2N3O2/c1-3-24-17(23)16-12-4-5-13(18)15(19)11(12)6-8-22(16)10-14-20-7-9-21(14)2/h4-5,7,9,16H,3,6,8,10H2,1-2H3. The lowest BCUT2D eigenvalue weighted by Crippen LogP contribution is -2.41. The fourth-order valence-corrected chi connectivity index (χ4v) is 3.10. The largest absolute Gasteiger partial charge is 0.465 e. The molecule has 3 rings (SSSR count). The third-order valence-electron chi connectivity index (χ3n) is 4.32. The van der Waals surface area contributed by atoms with Gasteiger partial charge in [-0.05, 0) is 30.5 Å². The topological polar surface area (TPSA) is 47.4 Å². The molecule has 1 atom stereocenters. The van der Waals surface area contributed by atoms with E-state index in [9.17, 15) is 13.6 Å². The van der Waals surface area contributed by atoms with Crippen LogP contribution in [-0.4, -0.2) is 33.6 Å². The molecule has 1 aromatic heterocycles. The number of fused-ring (bicyclic) bond motifs is 1. The van der Waals surface area contributed by atoms with Crippen molar-refractivity contribution < 1.29 is 18.3 Å². The van der Waals surface area contributed by atoms with Crippen molar-refractivity contribution in [1.29, 1.82) is 0 Å². The molecule has 1 aromatic carbocycles. The molecule has 0 bridgehead atoms. The van der Waals surface area contributed by atoms with Gasteiger partial charge in [0.15, 0.2) is 11.6 Å². The van der Waals surface area contributed by atoms with E-state index in [1.165, 1.54) is 6.07 Å². The van der Waals surface area contributed by atoms with E-state index in [0.717, 1.165) is 11.9 Å². The van der Waals surface area contributed by atoms with E-state index in [1.54, 1.807) is 13.1 Å². The van der Waals surface area contributed by atoms with E-state index in [-0.39, 0.29) is 12.2 Å². The highest BCUT2D eigenvalue weighted by atomic mass is 19.2. The lowest BCUT2D eigenvalue weighted by atomic mass is 9.91. The van der Waals surface area contributed by atoms with Crippen LogP contribution in [0.25, 0.3) is 0 Å². The zero-order valence-corrected chi connectivity index (χ0v) is 13.6. The smallest absolute Gasteiger partial charge is 0.328 e. The van der Waals surface area contributed by atoms with E-state index < -0.39 is 23.6 Å². The Balaban J connectivity index is 1.99. The van der Waals surface area contributed by atoms with Crippen LogP contribution >= 0.6 is 0 Å². The summed E-state index contributed by atoms with van der Waals surface area (Å²) < 4.78 is 34.7. The number of hydrogen-bond acceptors (Lipinski definition) is 4. The lowest BCUT2D eigenvalue weighted by molar-refractivity contribution is -0.150. The quantitative estimate of drug-likeness (QED) is 0.805. The molecule has 2 heterocycles. The number of aryl methyl sites for hydroxylation is 1. The van der Waals surface area contributed by atoms with Gasteiger partial charge < -0.3 is 9.30 Å². The number of nitrogens with zero attached hydrogens (tertiary/aromatic N) is 3. The predicted molar refractivity (Wildman–Crippen MR) is 83.1 cm³/mol. The first-order valence-corrected chi connectivity index (χ1v) is 7.86. The molecule has 1 unspecified atom stereocenters. The highest BCUT2D eigenvalue weighted by Crippen LogP contribution is 2.34. The van der Waals surface area contributed by atoms with E-state index >= 15 is 0 Å². The van der Waals surface area contributed by atoms with Crippen molar-refractivity contribution in [2.75, 3.05) is 13.2 Å². The van der Waals surface area contributed by atoms with Crippen LogP contribution in [0.5, 0.6) is 0 Å². The van der Waals surface area contributed by atoms with Crippen LogP contribution < -0.4 is 0 Å². The van der Waals surface area contributed by atoms with Crippen LogP contribution in [0, 0.1) is 11.6 Å². The van der Waals surface area contributed by atoms with Crippen molar-refractivity contribution in [3.05, 3.63) is 53.1 Å². The van der Waals surface area contributed by atoms with Crippen LogP contribution in [0.1, 0.15) is 29.9 Å². The van der Waals surface area contributed by atoms with Crippen LogP contribution in [0.4, 0.5) is 8.78 Å². The number of hydrogen-bond donors (Lipinski definition) is 0. The van der Waals surface area contributed by atoms with Crippen LogP contribution in [0.3, 0.4) is 0 Å². The second kappa shape index (κ2) is 6.68. The second-order valence-corrected chi connectivity index (χ2v) is 5.76. The van der Waals surface area contributed by atoms with Crippen molar-refractivity contribution in [3.63, 3.8) is 0 Å². The zero-order valence-electron chi connectivity index (χ0n) is 13.6. The number of aromatic nitrogens is 2. The highest BCUT2D eigenvalue weighted by molar-refractivity contribution is 5.78. The van der Waals surface area contributed by atoms with Crippen molar-refractivity contribution >= 4 is 5.97 Å². The van der Waals surface area contributed by atoms with Crippen molar-refractivity contribution in [2.45, 2.75) is 25.9 Å². The molecule has 1 aliphatic rings. The fraction of sp³-hybridized carbons (Fsp3) is 0.412. The Bertz CT molecular complexity index is 760. The van der Waals surface area contributed by atoms with Gasteiger partial charge >= 0.3 is 5.97 Å². The van der Waals surface area contributed by atoms with Gasteiger partial charge in [-0.3, -0.25) is 4.90 Å². The molecule has 7 heteroatoms. The molecule has 0 saturated carbocycles. The van der Waals surface area contributed by atoms with Crippen molar-refractivity contribution in [2.24, 2.45) is 7.05 Å². The van der Waals surface area contributed by atoms with Gasteiger partial charge in [0, 0.05) is 26.0 Å². The molecule has 128 valence electrons. The fourth-order valence-electron chi connectivity index (χ4n) is 3.10. The summed E-state index contributed by atoms with van der Waals surface area (Å²) in [6, 6.07) is 1.77. The van der Waals surface area contributed by atoms with Gasteiger partial charge in [-0.1, -0.05) is 6.07 Å². The van der Waals surface area contributed by atoms with Crippen LogP contribution in [-0.2, 0) is 29.5 Å². The number of benzene rings is 1. The molecule has 1 aliphatic heterocycles. The average molecular weight is 335 g/mol. The van der Waals surface area contributed by atoms with Crippen LogP contribution in [0.15, 0.2) is 24.5 Å². The third-order valence-corrected chi connectivity index (χ3v) is 4.32. The molecule has 0 fully saturated rings. The number of ether oxygens (including phenoxy) is 1. The summed E-state index contributed by atoms with van der Waals surface area (Å²) >= 11 is 0. The summed E-state index contributed by atoms with van der Waals surface area (Å²) in [4.78, 5) is 18.6. The van der Waals surface area contributed by atoms with E-state index in [2.05, 4.69) is 4.98 Å². The molecular formula is C17H19F2N3O2. The normalized spacial score (nSPS) is 17.6. The molecule has 0 N–H and O–H groups in total. The average Bonchev–Trinajstić information content (AvgIpc) is 2.96. The Morgan fingerprint density at radius 1 is 1.42 bits per heavy atom. The minimum Gasteiger partial charge on any atom is -0.465 e. The van der Waals surface area contributed by atoms with Gasteiger partial charge in [-0.2, -0.15) is 0 Å². The first-order valence-electron chi connectivity index (χ1n) is 7.86. The summed E-state index contributed by atoms with van der Waals surface area (Å²) in [6.45, 7) is 2.79. The molecule has 2 aromatic rings. The number of imidazole rings is 1. The zero-order chi connectivity index (χ0) is 17.3. The molecule has 24 heavy (non-hydrogen) atoms. The maximum atomic E-state index is 14.1. The lowest BCUT2D eigenvalue weighted by Gasteiger charge is -2.35. The Morgan fingerprint density at radius 2 is 2.21 bits per heavy atom. The first kappa shape index (κ1) is 16.6. The molecule has 0 radical (unpaired) electrons. The van der Waals surface area contributed by atoms with E-state index in [4.69, 9.17) is 4.74 Å². The molecule has 0 aliphatic carbocycles. The Hall–Kier alpha value is -2.28. The summed E-state index contributed by atoms with van der Waals surface area (Å²) in [5.41, 5.74) is 0.719. The Labute approximate surface area is 138 Å². The van der Waals surface area contributed by atoms with Gasteiger partial charge in [-0.15, -0.1) is 0 Å². The second-order valence-electron chi connectivity index (χ2n) is 5.76. The SMILES string of the molecule is CCOC(=O)C1c2ccc(F)c(F)c2CCN1Cc1nccn1C. The molecule has 0 amide bonds. The van der Waals surface area contributed by atoms with E-state index in [0.29, 0.717) is 25.1 Å². The first-order chi connectivity index (χ1) is 11.5.